The van der Waals surface area contributed by atoms with Gasteiger partial charge in [0.25, 0.3) is 0 Å². The molecule has 0 amide bonds. The standard InChI is InChI=1S/C11H11ClN2O2S/c1-16-9-5-8(12)4-7(10(9)15)6-14-11-13-2-3-17-11/h2-5,15H,6H2,1H3,(H,13,14). The molecule has 90 valence electrons. The van der Waals surface area contributed by atoms with Crippen LogP contribution in [0.25, 0.3) is 0 Å². The molecule has 1 heterocycles. The van der Waals surface area contributed by atoms with Gasteiger partial charge >= 0.3 is 0 Å². The van der Waals surface area contributed by atoms with Gasteiger partial charge in [0.15, 0.2) is 16.6 Å². The largest absolute Gasteiger partial charge is 0.504 e. The molecule has 0 aliphatic carbocycles. The summed E-state index contributed by atoms with van der Waals surface area (Å²) in [6.45, 7) is 0.441. The van der Waals surface area contributed by atoms with Crippen LogP contribution in [0, 0.1) is 0 Å². The third-order valence-corrected chi connectivity index (χ3v) is 3.15. The van der Waals surface area contributed by atoms with E-state index >= 15 is 0 Å². The Morgan fingerprint density at radius 1 is 1.53 bits per heavy atom. The quantitative estimate of drug-likeness (QED) is 0.896. The highest BCUT2D eigenvalue weighted by Gasteiger charge is 2.10. The number of halogens is 1. The Balaban J connectivity index is 2.17. The minimum Gasteiger partial charge on any atom is -0.504 e. The van der Waals surface area contributed by atoms with Gasteiger partial charge in [-0.2, -0.15) is 0 Å². The Labute approximate surface area is 108 Å². The lowest BCUT2D eigenvalue weighted by Gasteiger charge is -2.10. The lowest BCUT2D eigenvalue weighted by atomic mass is 10.2. The predicted molar refractivity (Wildman–Crippen MR) is 69.1 cm³/mol. The molecule has 17 heavy (non-hydrogen) atoms. The molecule has 1 aromatic heterocycles. The van der Waals surface area contributed by atoms with E-state index < -0.39 is 0 Å². The molecule has 0 saturated heterocycles. The Morgan fingerprint density at radius 3 is 3.00 bits per heavy atom. The van der Waals surface area contributed by atoms with Gasteiger partial charge in [-0.3, -0.25) is 0 Å². The average Bonchev–Trinajstić information content (AvgIpc) is 2.82. The summed E-state index contributed by atoms with van der Waals surface area (Å²) in [4.78, 5) is 4.09. The summed E-state index contributed by atoms with van der Waals surface area (Å²) in [5, 5.41) is 16.2. The molecule has 0 unspecified atom stereocenters. The lowest BCUT2D eigenvalue weighted by molar-refractivity contribution is 0.371. The second-order valence-electron chi connectivity index (χ2n) is 3.31. The van der Waals surface area contributed by atoms with E-state index in [1.165, 1.54) is 18.4 Å². The number of phenols is 1. The minimum absolute atomic E-state index is 0.0981. The van der Waals surface area contributed by atoms with Gasteiger partial charge in [-0.15, -0.1) is 11.3 Å². The molecule has 0 saturated carbocycles. The van der Waals surface area contributed by atoms with Crippen LogP contribution in [0.1, 0.15) is 5.56 Å². The number of phenolic OH excluding ortho intramolecular Hbond substituents is 1. The zero-order valence-corrected chi connectivity index (χ0v) is 10.7. The van der Waals surface area contributed by atoms with E-state index in [9.17, 15) is 5.11 Å². The number of aromatic nitrogens is 1. The number of benzene rings is 1. The third kappa shape index (κ3) is 2.81. The second-order valence-corrected chi connectivity index (χ2v) is 4.64. The Bertz CT molecular complexity index is 502. The van der Waals surface area contributed by atoms with Gasteiger partial charge in [0.05, 0.1) is 7.11 Å². The van der Waals surface area contributed by atoms with Crippen LogP contribution in [0.2, 0.25) is 5.02 Å². The maximum absolute atomic E-state index is 9.90. The van der Waals surface area contributed by atoms with Crippen molar-refractivity contribution in [3.05, 3.63) is 34.3 Å². The molecule has 0 atom stereocenters. The zero-order valence-electron chi connectivity index (χ0n) is 9.11. The first-order valence-electron chi connectivity index (χ1n) is 4.89. The summed E-state index contributed by atoms with van der Waals surface area (Å²) in [6.07, 6.45) is 1.71. The first-order valence-corrected chi connectivity index (χ1v) is 6.15. The minimum atomic E-state index is 0.0981. The summed E-state index contributed by atoms with van der Waals surface area (Å²) in [5.41, 5.74) is 0.671. The van der Waals surface area contributed by atoms with Gasteiger partial charge < -0.3 is 15.2 Å². The van der Waals surface area contributed by atoms with E-state index in [2.05, 4.69) is 10.3 Å². The summed E-state index contributed by atoms with van der Waals surface area (Å²) in [5.74, 6) is 0.467. The second kappa shape index (κ2) is 5.25. The van der Waals surface area contributed by atoms with Crippen molar-refractivity contribution in [2.24, 2.45) is 0 Å². The highest BCUT2D eigenvalue weighted by atomic mass is 35.5. The molecule has 2 N–H and O–H groups in total. The normalized spacial score (nSPS) is 10.2. The Morgan fingerprint density at radius 2 is 2.35 bits per heavy atom. The molecule has 0 fully saturated rings. The number of hydrogen-bond donors (Lipinski definition) is 2. The van der Waals surface area contributed by atoms with Gasteiger partial charge in [0, 0.05) is 34.8 Å². The van der Waals surface area contributed by atoms with Crippen molar-refractivity contribution >= 4 is 28.1 Å². The van der Waals surface area contributed by atoms with Crippen LogP contribution in [0.3, 0.4) is 0 Å². The number of rotatable bonds is 4. The fraction of sp³-hybridized carbons (Fsp3) is 0.182. The molecule has 0 aliphatic heterocycles. The van der Waals surface area contributed by atoms with Gasteiger partial charge in [0.2, 0.25) is 0 Å². The number of nitrogens with zero attached hydrogens (tertiary/aromatic N) is 1. The van der Waals surface area contributed by atoms with Crippen molar-refractivity contribution in [1.82, 2.24) is 4.98 Å². The van der Waals surface area contributed by atoms with Crippen molar-refractivity contribution in [2.45, 2.75) is 6.54 Å². The SMILES string of the molecule is COc1cc(Cl)cc(CNc2nccs2)c1O. The van der Waals surface area contributed by atoms with Crippen LogP contribution in [0.4, 0.5) is 5.13 Å². The van der Waals surface area contributed by atoms with Gasteiger partial charge in [-0.25, -0.2) is 4.98 Å². The first kappa shape index (κ1) is 12.0. The third-order valence-electron chi connectivity index (χ3n) is 2.20. The van der Waals surface area contributed by atoms with E-state index in [-0.39, 0.29) is 5.75 Å². The molecule has 1 aromatic carbocycles. The summed E-state index contributed by atoms with van der Waals surface area (Å²) in [6, 6.07) is 3.27. The Kier molecular flexibility index (Phi) is 3.71. The molecule has 4 nitrogen and oxygen atoms in total. The summed E-state index contributed by atoms with van der Waals surface area (Å²) in [7, 11) is 1.49. The van der Waals surface area contributed by atoms with Crippen molar-refractivity contribution in [1.29, 1.82) is 0 Å². The highest BCUT2D eigenvalue weighted by molar-refractivity contribution is 7.13. The first-order chi connectivity index (χ1) is 8.20. The number of methoxy groups -OCH3 is 1. The van der Waals surface area contributed by atoms with Crippen LogP contribution in [0.5, 0.6) is 11.5 Å². The molecule has 0 bridgehead atoms. The number of anilines is 1. The number of hydrogen-bond acceptors (Lipinski definition) is 5. The van der Waals surface area contributed by atoms with E-state index in [1.54, 1.807) is 18.3 Å². The molecular formula is C11H11ClN2O2S. The van der Waals surface area contributed by atoms with Crippen LogP contribution in [-0.4, -0.2) is 17.2 Å². The van der Waals surface area contributed by atoms with Crippen molar-refractivity contribution in [3.8, 4) is 11.5 Å². The maximum atomic E-state index is 9.90. The zero-order chi connectivity index (χ0) is 12.3. The van der Waals surface area contributed by atoms with Gasteiger partial charge in [0.1, 0.15) is 0 Å². The van der Waals surface area contributed by atoms with Crippen LogP contribution in [-0.2, 0) is 6.54 Å². The highest BCUT2D eigenvalue weighted by Crippen LogP contribution is 2.33. The fourth-order valence-electron chi connectivity index (χ4n) is 1.40. The maximum Gasteiger partial charge on any atom is 0.182 e. The lowest BCUT2D eigenvalue weighted by Crippen LogP contribution is -2.00. The molecular weight excluding hydrogens is 260 g/mol. The Hall–Kier alpha value is -1.46. The van der Waals surface area contributed by atoms with E-state index in [1.807, 2.05) is 5.38 Å². The van der Waals surface area contributed by atoms with Crippen LogP contribution < -0.4 is 10.1 Å². The smallest absolute Gasteiger partial charge is 0.182 e. The summed E-state index contributed by atoms with van der Waals surface area (Å²) < 4.78 is 5.03. The molecule has 0 aliphatic rings. The number of aromatic hydroxyl groups is 1. The predicted octanol–water partition coefficient (Wildman–Crippen LogP) is 3.12. The van der Waals surface area contributed by atoms with Gasteiger partial charge in [-0.05, 0) is 6.07 Å². The van der Waals surface area contributed by atoms with E-state index in [0.29, 0.717) is 22.9 Å². The molecule has 2 aromatic rings. The molecule has 0 spiro atoms. The van der Waals surface area contributed by atoms with Crippen molar-refractivity contribution in [3.63, 3.8) is 0 Å². The van der Waals surface area contributed by atoms with Crippen LogP contribution >= 0.6 is 22.9 Å². The van der Waals surface area contributed by atoms with E-state index in [4.69, 9.17) is 16.3 Å². The van der Waals surface area contributed by atoms with Gasteiger partial charge in [-0.1, -0.05) is 11.6 Å². The summed E-state index contributed by atoms with van der Waals surface area (Å²) >= 11 is 7.42. The monoisotopic (exact) mass is 270 g/mol. The molecule has 2 rings (SSSR count). The average molecular weight is 271 g/mol. The van der Waals surface area contributed by atoms with Crippen molar-refractivity contribution < 1.29 is 9.84 Å². The molecule has 0 radical (unpaired) electrons. The van der Waals surface area contributed by atoms with E-state index in [0.717, 1.165) is 5.13 Å². The number of nitrogens with one attached hydrogen (secondary N) is 1. The fourth-order valence-corrected chi connectivity index (χ4v) is 2.16. The van der Waals surface area contributed by atoms with Crippen LogP contribution in [0.15, 0.2) is 23.7 Å². The topological polar surface area (TPSA) is 54.4 Å². The number of thiazole rings is 1. The number of ether oxygens (including phenoxy) is 1. The van der Waals surface area contributed by atoms with Crippen molar-refractivity contribution in [2.75, 3.05) is 12.4 Å². The molecule has 6 heteroatoms.